The maximum atomic E-state index is 13.1. The van der Waals surface area contributed by atoms with Gasteiger partial charge in [-0.1, -0.05) is 42.1 Å². The predicted molar refractivity (Wildman–Crippen MR) is 123 cm³/mol. The standard InChI is InChI=1S/C25H23NO5S/c1-29-20-13-11-17(15-21(20)30-2)12-14-25(28)31-16-24(27)26-18-7-3-5-9-22(18)32-23-10-6-4-8-19(23)26/h3-11,13,15H,12,14,16H2,1-2H3. The Morgan fingerprint density at radius 2 is 1.47 bits per heavy atom. The number of amides is 1. The summed E-state index contributed by atoms with van der Waals surface area (Å²) < 4.78 is 15.8. The van der Waals surface area contributed by atoms with Crippen molar-refractivity contribution in [1.82, 2.24) is 0 Å². The second-order valence-electron chi connectivity index (χ2n) is 7.12. The molecule has 0 N–H and O–H groups in total. The normalized spacial score (nSPS) is 11.9. The third-order valence-corrected chi connectivity index (χ3v) is 6.23. The van der Waals surface area contributed by atoms with E-state index in [-0.39, 0.29) is 18.9 Å². The lowest BCUT2D eigenvalue weighted by molar-refractivity contribution is -0.147. The van der Waals surface area contributed by atoms with Crippen molar-refractivity contribution in [2.75, 3.05) is 25.7 Å². The van der Waals surface area contributed by atoms with Crippen LogP contribution in [0, 0.1) is 0 Å². The molecule has 7 heteroatoms. The number of carbonyl (C=O) groups is 2. The van der Waals surface area contributed by atoms with Gasteiger partial charge in [0.2, 0.25) is 0 Å². The zero-order chi connectivity index (χ0) is 22.5. The molecule has 6 nitrogen and oxygen atoms in total. The van der Waals surface area contributed by atoms with Crippen LogP contribution < -0.4 is 14.4 Å². The molecule has 1 heterocycles. The number of anilines is 2. The summed E-state index contributed by atoms with van der Waals surface area (Å²) in [5.74, 6) is 0.518. The molecule has 164 valence electrons. The first-order chi connectivity index (χ1) is 15.6. The number of hydrogen-bond donors (Lipinski definition) is 0. The highest BCUT2D eigenvalue weighted by Crippen LogP contribution is 2.47. The van der Waals surface area contributed by atoms with Crippen molar-refractivity contribution in [3.63, 3.8) is 0 Å². The first-order valence-electron chi connectivity index (χ1n) is 10.2. The molecule has 0 atom stereocenters. The van der Waals surface area contributed by atoms with E-state index in [1.54, 1.807) is 36.9 Å². The van der Waals surface area contributed by atoms with Crippen molar-refractivity contribution in [2.24, 2.45) is 0 Å². The second-order valence-corrected chi connectivity index (χ2v) is 8.20. The molecule has 0 aliphatic carbocycles. The van der Waals surface area contributed by atoms with Gasteiger partial charge in [0.05, 0.1) is 25.6 Å². The average molecular weight is 450 g/mol. The van der Waals surface area contributed by atoms with Crippen LogP contribution >= 0.6 is 11.8 Å². The Balaban J connectivity index is 1.40. The van der Waals surface area contributed by atoms with Gasteiger partial charge < -0.3 is 14.2 Å². The van der Waals surface area contributed by atoms with Crippen LogP contribution in [0.5, 0.6) is 11.5 Å². The van der Waals surface area contributed by atoms with E-state index in [0.29, 0.717) is 17.9 Å². The Kier molecular flexibility index (Phi) is 6.66. The third-order valence-electron chi connectivity index (χ3n) is 5.10. The number of methoxy groups -OCH3 is 2. The van der Waals surface area contributed by atoms with E-state index < -0.39 is 5.97 Å². The molecule has 0 unspecified atom stereocenters. The summed E-state index contributed by atoms with van der Waals surface area (Å²) in [5.41, 5.74) is 2.51. The zero-order valence-electron chi connectivity index (χ0n) is 17.9. The summed E-state index contributed by atoms with van der Waals surface area (Å²) in [5, 5.41) is 0. The van der Waals surface area contributed by atoms with Gasteiger partial charge in [0, 0.05) is 16.2 Å². The SMILES string of the molecule is COc1ccc(CCC(=O)OCC(=O)N2c3ccccc3Sc3ccccc32)cc1OC. The molecule has 4 rings (SSSR count). The molecule has 3 aromatic carbocycles. The highest BCUT2D eigenvalue weighted by atomic mass is 32.2. The molecular formula is C25H23NO5S. The minimum Gasteiger partial charge on any atom is -0.493 e. The number of rotatable bonds is 7. The van der Waals surface area contributed by atoms with E-state index >= 15 is 0 Å². The van der Waals surface area contributed by atoms with Gasteiger partial charge in [0.25, 0.3) is 5.91 Å². The van der Waals surface area contributed by atoms with Crippen LogP contribution in [0.15, 0.2) is 76.5 Å². The quantitative estimate of drug-likeness (QED) is 0.473. The van der Waals surface area contributed by atoms with E-state index in [9.17, 15) is 9.59 Å². The first kappa shape index (κ1) is 21.8. The molecule has 0 spiro atoms. The van der Waals surface area contributed by atoms with Gasteiger partial charge in [-0.3, -0.25) is 14.5 Å². The molecule has 0 saturated heterocycles. The molecule has 0 saturated carbocycles. The number of benzene rings is 3. The molecule has 1 amide bonds. The van der Waals surface area contributed by atoms with Crippen molar-refractivity contribution >= 4 is 35.0 Å². The van der Waals surface area contributed by atoms with Crippen LogP contribution in [0.2, 0.25) is 0 Å². The molecular weight excluding hydrogens is 426 g/mol. The minimum absolute atomic E-state index is 0.159. The van der Waals surface area contributed by atoms with Crippen LogP contribution in [-0.2, 0) is 20.7 Å². The number of hydrogen-bond acceptors (Lipinski definition) is 6. The lowest BCUT2D eigenvalue weighted by Crippen LogP contribution is -2.32. The van der Waals surface area contributed by atoms with Crippen LogP contribution in [0.25, 0.3) is 0 Å². The zero-order valence-corrected chi connectivity index (χ0v) is 18.7. The predicted octanol–water partition coefficient (Wildman–Crippen LogP) is 5.01. The number of carbonyl (C=O) groups excluding carboxylic acids is 2. The Labute approximate surface area is 191 Å². The molecule has 32 heavy (non-hydrogen) atoms. The van der Waals surface area contributed by atoms with Crippen LogP contribution in [-0.4, -0.2) is 32.7 Å². The number of aryl methyl sites for hydroxylation is 1. The highest BCUT2D eigenvalue weighted by Gasteiger charge is 2.28. The van der Waals surface area contributed by atoms with Crippen molar-refractivity contribution in [1.29, 1.82) is 0 Å². The molecule has 0 fully saturated rings. The molecule has 1 aliphatic rings. The van der Waals surface area contributed by atoms with Gasteiger partial charge in [-0.25, -0.2) is 0 Å². The van der Waals surface area contributed by atoms with Gasteiger partial charge >= 0.3 is 5.97 Å². The Morgan fingerprint density at radius 1 is 0.844 bits per heavy atom. The van der Waals surface area contributed by atoms with Crippen LogP contribution in [0.1, 0.15) is 12.0 Å². The lowest BCUT2D eigenvalue weighted by Gasteiger charge is -2.30. The van der Waals surface area contributed by atoms with Crippen LogP contribution in [0.4, 0.5) is 11.4 Å². The molecule has 0 bridgehead atoms. The van der Waals surface area contributed by atoms with Gasteiger partial charge in [-0.2, -0.15) is 0 Å². The summed E-state index contributed by atoms with van der Waals surface area (Å²) >= 11 is 1.62. The average Bonchev–Trinajstić information content (AvgIpc) is 2.84. The van der Waals surface area contributed by atoms with Crippen molar-refractivity contribution in [3.8, 4) is 11.5 Å². The third kappa shape index (κ3) is 4.57. The van der Waals surface area contributed by atoms with Crippen molar-refractivity contribution in [2.45, 2.75) is 22.6 Å². The molecule has 0 aromatic heterocycles. The fourth-order valence-corrected chi connectivity index (χ4v) is 4.59. The summed E-state index contributed by atoms with van der Waals surface area (Å²) in [4.78, 5) is 29.0. The van der Waals surface area contributed by atoms with Crippen molar-refractivity contribution in [3.05, 3.63) is 72.3 Å². The Hall–Kier alpha value is -3.45. The maximum absolute atomic E-state index is 13.1. The van der Waals surface area contributed by atoms with Crippen LogP contribution in [0.3, 0.4) is 0 Å². The van der Waals surface area contributed by atoms with E-state index in [0.717, 1.165) is 26.7 Å². The monoisotopic (exact) mass is 449 g/mol. The summed E-state index contributed by atoms with van der Waals surface area (Å²) in [7, 11) is 3.14. The molecule has 3 aromatic rings. The fraction of sp³-hybridized carbons (Fsp3) is 0.200. The first-order valence-corrected chi connectivity index (χ1v) is 11.0. The van der Waals surface area contributed by atoms with E-state index in [1.165, 1.54) is 0 Å². The van der Waals surface area contributed by atoms with E-state index in [1.807, 2.05) is 60.7 Å². The topological polar surface area (TPSA) is 65.1 Å². The fourth-order valence-electron chi connectivity index (χ4n) is 3.53. The van der Waals surface area contributed by atoms with Gasteiger partial charge in [-0.15, -0.1) is 0 Å². The number of fused-ring (bicyclic) bond motifs is 2. The van der Waals surface area contributed by atoms with Gasteiger partial charge in [0.1, 0.15) is 0 Å². The smallest absolute Gasteiger partial charge is 0.306 e. The van der Waals surface area contributed by atoms with E-state index in [2.05, 4.69) is 0 Å². The lowest BCUT2D eigenvalue weighted by atomic mass is 10.1. The number of nitrogens with zero attached hydrogens (tertiary/aromatic N) is 1. The Morgan fingerprint density at radius 3 is 2.09 bits per heavy atom. The summed E-state index contributed by atoms with van der Waals surface area (Å²) in [6, 6.07) is 20.9. The van der Waals surface area contributed by atoms with Crippen molar-refractivity contribution < 1.29 is 23.8 Å². The second kappa shape index (κ2) is 9.78. The van der Waals surface area contributed by atoms with Gasteiger partial charge in [-0.05, 0) is 48.4 Å². The number of para-hydroxylation sites is 2. The van der Waals surface area contributed by atoms with Gasteiger partial charge in [0.15, 0.2) is 18.1 Å². The number of ether oxygens (including phenoxy) is 3. The number of esters is 1. The maximum Gasteiger partial charge on any atom is 0.306 e. The van der Waals surface area contributed by atoms with E-state index in [4.69, 9.17) is 14.2 Å². The summed E-state index contributed by atoms with van der Waals surface area (Å²) in [6.45, 7) is -0.321. The Bertz CT molecular complexity index is 1100. The molecule has 0 radical (unpaired) electrons. The summed E-state index contributed by atoms with van der Waals surface area (Å²) in [6.07, 6.45) is 0.630. The highest BCUT2D eigenvalue weighted by molar-refractivity contribution is 7.99. The largest absolute Gasteiger partial charge is 0.493 e. The minimum atomic E-state index is -0.430. The molecule has 1 aliphatic heterocycles.